The fraction of sp³-hybridized carbons (Fsp3) is 0.875. The molecule has 0 aliphatic heterocycles. The van der Waals surface area contributed by atoms with Gasteiger partial charge >= 0.3 is 0 Å². The first kappa shape index (κ1) is 19.4. The van der Waals surface area contributed by atoms with Gasteiger partial charge in [-0.25, -0.2) is 0 Å². The summed E-state index contributed by atoms with van der Waals surface area (Å²) in [6.07, 6.45) is 4.68. The zero-order valence-electron chi connectivity index (χ0n) is 13.9. The highest BCUT2D eigenvalue weighted by Crippen LogP contribution is 2.42. The minimum absolute atomic E-state index is 0.670. The van der Waals surface area contributed by atoms with Gasteiger partial charge in [0.1, 0.15) is 0 Å². The third kappa shape index (κ3) is 5.72. The molecule has 3 heteroatoms. The van der Waals surface area contributed by atoms with Crippen molar-refractivity contribution in [3.8, 4) is 0 Å². The number of hydrogen-bond acceptors (Lipinski definition) is 1. The summed E-state index contributed by atoms with van der Waals surface area (Å²) in [5.41, 5.74) is 3.47. The molecule has 0 bridgehead atoms. The van der Waals surface area contributed by atoms with Crippen molar-refractivity contribution in [3.63, 3.8) is 0 Å². The van der Waals surface area contributed by atoms with E-state index in [0.29, 0.717) is 16.6 Å². The fourth-order valence-corrected chi connectivity index (χ4v) is 8.93. The maximum absolute atomic E-state index is 6.52. The number of allylic oxidation sites excluding steroid dienone is 1. The Kier molecular flexibility index (Phi) is 9.55. The Hall–Kier alpha value is 0.397. The van der Waals surface area contributed by atoms with Crippen molar-refractivity contribution >= 4 is 24.2 Å². The Morgan fingerprint density at radius 1 is 1.05 bits per heavy atom. The molecule has 0 amide bonds. The second kappa shape index (κ2) is 9.35. The van der Waals surface area contributed by atoms with E-state index in [1.165, 1.54) is 18.4 Å². The topological polar surface area (TPSA) is 9.23 Å². The third-order valence-corrected chi connectivity index (χ3v) is 10.8. The minimum atomic E-state index is -1.68. The highest BCUT2D eigenvalue weighted by molar-refractivity contribution is 9.09. The van der Waals surface area contributed by atoms with Crippen LogP contribution in [-0.2, 0) is 4.43 Å². The van der Waals surface area contributed by atoms with Crippen molar-refractivity contribution in [1.29, 1.82) is 0 Å². The lowest BCUT2D eigenvalue weighted by atomic mass is 10.2. The fourth-order valence-electron chi connectivity index (χ4n) is 3.28. The van der Waals surface area contributed by atoms with Crippen molar-refractivity contribution in [1.82, 2.24) is 0 Å². The molecular weight excluding hydrogens is 316 g/mol. The van der Waals surface area contributed by atoms with E-state index in [-0.39, 0.29) is 0 Å². The molecule has 0 fully saturated rings. The first-order chi connectivity index (χ1) is 8.78. The van der Waals surface area contributed by atoms with Gasteiger partial charge in [0.25, 0.3) is 0 Å². The van der Waals surface area contributed by atoms with Gasteiger partial charge in [0, 0.05) is 5.33 Å². The Morgan fingerprint density at radius 3 is 1.89 bits per heavy atom. The average Bonchev–Trinajstić information content (AvgIpc) is 2.30. The summed E-state index contributed by atoms with van der Waals surface area (Å²) in [6.45, 7) is 17.1. The minimum Gasteiger partial charge on any atom is -0.412 e. The number of alkyl halides is 1. The summed E-state index contributed by atoms with van der Waals surface area (Å²) in [4.78, 5) is 0. The molecule has 0 aromatic carbocycles. The molecule has 0 aliphatic carbocycles. The molecule has 0 saturated carbocycles. The van der Waals surface area contributed by atoms with Crippen molar-refractivity contribution in [3.05, 3.63) is 11.6 Å². The zero-order valence-corrected chi connectivity index (χ0v) is 16.5. The SMILES string of the molecule is C/C(=C/CO[Si](C(C)C)(C(C)C)C(C)C)CCCBr. The summed E-state index contributed by atoms with van der Waals surface area (Å²) in [7, 11) is -1.68. The number of halogens is 1. The highest BCUT2D eigenvalue weighted by atomic mass is 79.9. The lowest BCUT2D eigenvalue weighted by Crippen LogP contribution is -2.47. The van der Waals surface area contributed by atoms with Crippen LogP contribution in [-0.4, -0.2) is 20.3 Å². The van der Waals surface area contributed by atoms with Crippen molar-refractivity contribution in [2.45, 2.75) is 77.9 Å². The van der Waals surface area contributed by atoms with Gasteiger partial charge in [-0.1, -0.05) is 69.1 Å². The summed E-state index contributed by atoms with van der Waals surface area (Å²) >= 11 is 3.48. The average molecular weight is 349 g/mol. The standard InChI is InChI=1S/C16H33BrOSi/c1-13(2)19(14(3)4,15(5)6)18-12-10-16(7)9-8-11-17/h10,13-15H,8-9,11-12H2,1-7H3/b16-10-. The second-order valence-electron chi connectivity index (χ2n) is 6.47. The van der Waals surface area contributed by atoms with Crippen LogP contribution in [0.3, 0.4) is 0 Å². The van der Waals surface area contributed by atoms with E-state index >= 15 is 0 Å². The highest BCUT2D eigenvalue weighted by Gasteiger charge is 2.44. The predicted molar refractivity (Wildman–Crippen MR) is 93.8 cm³/mol. The maximum Gasteiger partial charge on any atom is 0.200 e. The second-order valence-corrected chi connectivity index (χ2v) is 12.7. The van der Waals surface area contributed by atoms with Gasteiger partial charge < -0.3 is 4.43 Å². The molecule has 0 aromatic rings. The summed E-state index contributed by atoms with van der Waals surface area (Å²) in [5.74, 6) is 0. The molecule has 1 nitrogen and oxygen atoms in total. The van der Waals surface area contributed by atoms with Crippen LogP contribution in [0, 0.1) is 0 Å². The predicted octanol–water partition coefficient (Wildman–Crippen LogP) is 6.30. The van der Waals surface area contributed by atoms with Gasteiger partial charge in [-0.3, -0.25) is 0 Å². The molecule has 0 rings (SSSR count). The number of hydrogen-bond donors (Lipinski definition) is 0. The van der Waals surface area contributed by atoms with Gasteiger partial charge in [0.15, 0.2) is 0 Å². The largest absolute Gasteiger partial charge is 0.412 e. The van der Waals surface area contributed by atoms with Crippen molar-refractivity contribution < 1.29 is 4.43 Å². The molecule has 114 valence electrons. The Balaban J connectivity index is 4.68. The normalized spacial score (nSPS) is 13.9. The monoisotopic (exact) mass is 348 g/mol. The molecule has 0 aliphatic rings. The van der Waals surface area contributed by atoms with Crippen LogP contribution in [0.5, 0.6) is 0 Å². The van der Waals surface area contributed by atoms with E-state index in [4.69, 9.17) is 4.43 Å². The molecule has 0 radical (unpaired) electrons. The van der Waals surface area contributed by atoms with E-state index in [1.54, 1.807) is 0 Å². The zero-order chi connectivity index (χ0) is 15.1. The first-order valence-electron chi connectivity index (χ1n) is 7.64. The smallest absolute Gasteiger partial charge is 0.200 e. The molecule has 0 atom stereocenters. The molecule has 0 heterocycles. The van der Waals surface area contributed by atoms with Crippen molar-refractivity contribution in [2.75, 3.05) is 11.9 Å². The molecule has 0 spiro atoms. The molecule has 0 N–H and O–H groups in total. The Bertz CT molecular complexity index is 250. The molecule has 0 aromatic heterocycles. The lowest BCUT2D eigenvalue weighted by molar-refractivity contribution is 0.315. The van der Waals surface area contributed by atoms with Crippen molar-refractivity contribution in [2.24, 2.45) is 0 Å². The van der Waals surface area contributed by atoms with Crippen LogP contribution in [0.25, 0.3) is 0 Å². The first-order valence-corrected chi connectivity index (χ1v) is 10.9. The van der Waals surface area contributed by atoms with Crippen LogP contribution in [0.4, 0.5) is 0 Å². The van der Waals surface area contributed by atoms with E-state index in [1.807, 2.05) is 0 Å². The van der Waals surface area contributed by atoms with Gasteiger partial charge in [0.2, 0.25) is 8.32 Å². The molecular formula is C16H33BrOSi. The van der Waals surface area contributed by atoms with E-state index in [9.17, 15) is 0 Å². The maximum atomic E-state index is 6.52. The van der Waals surface area contributed by atoms with Gasteiger partial charge in [-0.2, -0.15) is 0 Å². The molecule has 19 heavy (non-hydrogen) atoms. The van der Waals surface area contributed by atoms with E-state index in [2.05, 4.69) is 70.5 Å². The summed E-state index contributed by atoms with van der Waals surface area (Å²) in [6, 6.07) is 0. The van der Waals surface area contributed by atoms with Gasteiger partial charge in [0.05, 0.1) is 6.61 Å². The van der Waals surface area contributed by atoms with Gasteiger partial charge in [-0.15, -0.1) is 0 Å². The summed E-state index contributed by atoms with van der Waals surface area (Å²) < 4.78 is 6.52. The molecule has 0 unspecified atom stereocenters. The van der Waals surface area contributed by atoms with Crippen LogP contribution < -0.4 is 0 Å². The van der Waals surface area contributed by atoms with Crippen LogP contribution >= 0.6 is 15.9 Å². The Morgan fingerprint density at radius 2 is 1.53 bits per heavy atom. The quantitative estimate of drug-likeness (QED) is 0.270. The van der Waals surface area contributed by atoms with Gasteiger partial charge in [-0.05, 0) is 36.4 Å². The lowest BCUT2D eigenvalue weighted by Gasteiger charge is -2.42. The van der Waals surface area contributed by atoms with E-state index < -0.39 is 8.32 Å². The van der Waals surface area contributed by atoms with E-state index in [0.717, 1.165) is 11.9 Å². The molecule has 0 saturated heterocycles. The third-order valence-electron chi connectivity index (χ3n) is 4.18. The van der Waals surface area contributed by atoms with Crippen LogP contribution in [0.1, 0.15) is 61.3 Å². The number of rotatable bonds is 9. The Labute approximate surface area is 130 Å². The summed E-state index contributed by atoms with van der Waals surface area (Å²) in [5, 5.41) is 1.09. The van der Waals surface area contributed by atoms with Crippen LogP contribution in [0.2, 0.25) is 16.6 Å². The van der Waals surface area contributed by atoms with Crippen LogP contribution in [0.15, 0.2) is 11.6 Å².